The van der Waals surface area contributed by atoms with Gasteiger partial charge in [-0.1, -0.05) is 19.0 Å². The maximum Gasteiger partial charge on any atom is 0.231 e. The number of amides is 1. The van der Waals surface area contributed by atoms with Crippen molar-refractivity contribution < 1.29 is 10.0 Å². The summed E-state index contributed by atoms with van der Waals surface area (Å²) in [5.74, 6) is -0.901. The summed E-state index contributed by atoms with van der Waals surface area (Å²) in [7, 11) is 0. The molecule has 0 saturated heterocycles. The Morgan fingerprint density at radius 3 is 2.84 bits per heavy atom. The number of nitrogens with zero attached hydrogens (tertiary/aromatic N) is 3. The minimum Gasteiger partial charge on any atom is -0.409 e. The first-order chi connectivity index (χ1) is 9.06. The van der Waals surface area contributed by atoms with Crippen LogP contribution in [0.15, 0.2) is 23.6 Å². The van der Waals surface area contributed by atoms with E-state index in [0.29, 0.717) is 6.54 Å². The number of nitrogens with one attached hydrogen (secondary N) is 1. The van der Waals surface area contributed by atoms with Crippen molar-refractivity contribution in [3.63, 3.8) is 0 Å². The quantitative estimate of drug-likeness (QED) is 0.219. The molecular weight excluding hydrogens is 246 g/mol. The average molecular weight is 267 g/mol. The fraction of sp³-hybridized carbons (Fsp3) is 0.583. The Bertz CT molecular complexity index is 414. The SMILES string of the molecule is CC(C)C(C(=O)NCCCn1cccn1)/C(N)=N/O. The van der Waals surface area contributed by atoms with Gasteiger partial charge < -0.3 is 16.3 Å². The smallest absolute Gasteiger partial charge is 0.231 e. The molecule has 1 rings (SSSR count). The number of aromatic nitrogens is 2. The Kier molecular flexibility index (Phi) is 5.84. The summed E-state index contributed by atoms with van der Waals surface area (Å²) in [4.78, 5) is 11.9. The maximum atomic E-state index is 11.9. The van der Waals surface area contributed by atoms with Crippen molar-refractivity contribution in [2.45, 2.75) is 26.8 Å². The van der Waals surface area contributed by atoms with E-state index < -0.39 is 5.92 Å². The van der Waals surface area contributed by atoms with E-state index in [-0.39, 0.29) is 17.7 Å². The van der Waals surface area contributed by atoms with Crippen molar-refractivity contribution in [1.82, 2.24) is 15.1 Å². The normalized spacial score (nSPS) is 13.5. The van der Waals surface area contributed by atoms with Gasteiger partial charge in [-0.05, 0) is 18.4 Å². The minimum atomic E-state index is -0.602. The topological polar surface area (TPSA) is 106 Å². The highest BCUT2D eigenvalue weighted by atomic mass is 16.4. The maximum absolute atomic E-state index is 11.9. The number of nitrogens with two attached hydrogens (primary N) is 1. The van der Waals surface area contributed by atoms with E-state index in [1.54, 1.807) is 10.9 Å². The highest BCUT2D eigenvalue weighted by Gasteiger charge is 2.26. The monoisotopic (exact) mass is 267 g/mol. The molecule has 0 saturated carbocycles. The molecule has 0 aliphatic carbocycles. The molecule has 0 aliphatic heterocycles. The second kappa shape index (κ2) is 7.40. The Morgan fingerprint density at radius 1 is 1.58 bits per heavy atom. The van der Waals surface area contributed by atoms with Crippen LogP contribution in [0.1, 0.15) is 20.3 Å². The van der Waals surface area contributed by atoms with E-state index >= 15 is 0 Å². The van der Waals surface area contributed by atoms with E-state index in [1.165, 1.54) is 0 Å². The molecule has 0 fully saturated rings. The zero-order valence-electron chi connectivity index (χ0n) is 11.3. The van der Waals surface area contributed by atoms with E-state index in [0.717, 1.165) is 13.0 Å². The number of hydrogen-bond donors (Lipinski definition) is 3. The molecule has 106 valence electrons. The molecule has 4 N–H and O–H groups in total. The second-order valence-electron chi connectivity index (χ2n) is 4.66. The molecule has 1 unspecified atom stereocenters. The van der Waals surface area contributed by atoms with Crippen molar-refractivity contribution >= 4 is 11.7 Å². The molecule has 0 aliphatic rings. The van der Waals surface area contributed by atoms with Crippen LogP contribution in [0.5, 0.6) is 0 Å². The van der Waals surface area contributed by atoms with E-state index in [9.17, 15) is 4.79 Å². The lowest BCUT2D eigenvalue weighted by molar-refractivity contribution is -0.124. The predicted octanol–water partition coefficient (Wildman–Crippen LogP) is 0.408. The summed E-state index contributed by atoms with van der Waals surface area (Å²) >= 11 is 0. The lowest BCUT2D eigenvalue weighted by atomic mass is 9.94. The molecule has 0 aromatic carbocycles. The van der Waals surface area contributed by atoms with Gasteiger partial charge in [-0.3, -0.25) is 9.48 Å². The fourth-order valence-corrected chi connectivity index (χ4v) is 1.84. The Labute approximate surface area is 112 Å². The highest BCUT2D eigenvalue weighted by Crippen LogP contribution is 2.11. The Balaban J connectivity index is 2.36. The van der Waals surface area contributed by atoms with Crippen LogP contribution in [0.3, 0.4) is 0 Å². The summed E-state index contributed by atoms with van der Waals surface area (Å²) in [6.07, 6.45) is 4.36. The van der Waals surface area contributed by atoms with Crippen molar-refractivity contribution in [1.29, 1.82) is 0 Å². The van der Waals surface area contributed by atoms with Crippen LogP contribution >= 0.6 is 0 Å². The first-order valence-corrected chi connectivity index (χ1v) is 6.28. The number of oxime groups is 1. The second-order valence-corrected chi connectivity index (χ2v) is 4.66. The van der Waals surface area contributed by atoms with Crippen LogP contribution in [0.4, 0.5) is 0 Å². The summed E-state index contributed by atoms with van der Waals surface area (Å²) in [5.41, 5.74) is 5.53. The van der Waals surface area contributed by atoms with Gasteiger partial charge >= 0.3 is 0 Å². The summed E-state index contributed by atoms with van der Waals surface area (Å²) < 4.78 is 1.80. The largest absolute Gasteiger partial charge is 0.409 e. The van der Waals surface area contributed by atoms with Gasteiger partial charge in [0.1, 0.15) is 5.92 Å². The standard InChI is InChI=1S/C12H21N5O2/c1-9(2)10(11(13)16-19)12(18)14-5-3-7-17-8-4-6-15-17/h4,6,8-10,19H,3,5,7H2,1-2H3,(H2,13,16)(H,14,18). The fourth-order valence-electron chi connectivity index (χ4n) is 1.84. The van der Waals surface area contributed by atoms with E-state index in [4.69, 9.17) is 10.9 Å². The molecule has 0 spiro atoms. The third-order valence-corrected chi connectivity index (χ3v) is 2.81. The van der Waals surface area contributed by atoms with Crippen molar-refractivity contribution in [3.8, 4) is 0 Å². The molecule has 1 amide bonds. The van der Waals surface area contributed by atoms with Crippen LogP contribution in [-0.4, -0.2) is 33.3 Å². The van der Waals surface area contributed by atoms with Gasteiger partial charge in [-0.25, -0.2) is 0 Å². The van der Waals surface area contributed by atoms with Crippen LogP contribution in [-0.2, 0) is 11.3 Å². The predicted molar refractivity (Wildman–Crippen MR) is 71.6 cm³/mol. The van der Waals surface area contributed by atoms with E-state index in [1.807, 2.05) is 26.1 Å². The van der Waals surface area contributed by atoms with Gasteiger partial charge in [0.15, 0.2) is 5.84 Å². The molecule has 0 bridgehead atoms. The van der Waals surface area contributed by atoms with Gasteiger partial charge in [0.2, 0.25) is 5.91 Å². The Hall–Kier alpha value is -2.05. The Morgan fingerprint density at radius 2 is 2.32 bits per heavy atom. The average Bonchev–Trinajstić information content (AvgIpc) is 2.87. The lowest BCUT2D eigenvalue weighted by Gasteiger charge is -2.18. The van der Waals surface area contributed by atoms with Gasteiger partial charge in [0, 0.05) is 25.5 Å². The molecule has 1 atom stereocenters. The number of aryl methyl sites for hydroxylation is 1. The highest BCUT2D eigenvalue weighted by molar-refractivity contribution is 6.02. The van der Waals surface area contributed by atoms with Crippen molar-refractivity contribution in [2.24, 2.45) is 22.7 Å². The van der Waals surface area contributed by atoms with Crippen LogP contribution < -0.4 is 11.1 Å². The zero-order chi connectivity index (χ0) is 14.3. The zero-order valence-corrected chi connectivity index (χ0v) is 11.3. The first-order valence-electron chi connectivity index (χ1n) is 6.28. The van der Waals surface area contributed by atoms with Crippen LogP contribution in [0.2, 0.25) is 0 Å². The molecule has 7 nitrogen and oxygen atoms in total. The summed E-state index contributed by atoms with van der Waals surface area (Å²) in [6.45, 7) is 4.97. The first kappa shape index (κ1) is 15.0. The molecule has 7 heteroatoms. The summed E-state index contributed by atoms with van der Waals surface area (Å²) in [6, 6.07) is 1.85. The number of amidine groups is 1. The molecule has 1 heterocycles. The number of carbonyl (C=O) groups is 1. The van der Waals surface area contributed by atoms with Crippen molar-refractivity contribution in [2.75, 3.05) is 6.54 Å². The third kappa shape index (κ3) is 4.61. The molecule has 19 heavy (non-hydrogen) atoms. The van der Waals surface area contributed by atoms with E-state index in [2.05, 4.69) is 15.6 Å². The molecular formula is C12H21N5O2. The number of hydrogen-bond acceptors (Lipinski definition) is 4. The molecule has 1 aromatic heterocycles. The van der Waals surface area contributed by atoms with Gasteiger partial charge in [0.25, 0.3) is 0 Å². The molecule has 0 radical (unpaired) electrons. The van der Waals surface area contributed by atoms with Gasteiger partial charge in [0.05, 0.1) is 0 Å². The van der Waals surface area contributed by atoms with Gasteiger partial charge in [-0.15, -0.1) is 0 Å². The lowest BCUT2D eigenvalue weighted by Crippen LogP contribution is -2.42. The molecule has 1 aromatic rings. The minimum absolute atomic E-state index is 0.0259. The number of rotatable bonds is 7. The van der Waals surface area contributed by atoms with Gasteiger partial charge in [-0.2, -0.15) is 5.10 Å². The summed E-state index contributed by atoms with van der Waals surface area (Å²) in [5, 5.41) is 18.4. The number of carbonyl (C=O) groups excluding carboxylic acids is 1. The van der Waals surface area contributed by atoms with Crippen LogP contribution in [0.25, 0.3) is 0 Å². The van der Waals surface area contributed by atoms with Crippen molar-refractivity contribution in [3.05, 3.63) is 18.5 Å². The van der Waals surface area contributed by atoms with Crippen LogP contribution in [0, 0.1) is 11.8 Å². The third-order valence-electron chi connectivity index (χ3n) is 2.81.